The Labute approximate surface area is 248 Å². The second kappa shape index (κ2) is 16.6. The number of hydrogen-bond acceptors (Lipinski definition) is 5. The zero-order valence-corrected chi connectivity index (χ0v) is 29.8. The van der Waals surface area contributed by atoms with E-state index in [0.717, 1.165) is 15.3 Å². The van der Waals surface area contributed by atoms with Gasteiger partial charge in [0.05, 0.1) is 12.3 Å². The van der Waals surface area contributed by atoms with E-state index < -0.39 is 22.7 Å². The van der Waals surface area contributed by atoms with Gasteiger partial charge in [-0.3, -0.25) is 9.69 Å². The van der Waals surface area contributed by atoms with Gasteiger partial charge in [0.1, 0.15) is 6.73 Å². The van der Waals surface area contributed by atoms with E-state index in [1.54, 1.807) is 19.1 Å². The summed E-state index contributed by atoms with van der Waals surface area (Å²) in [6.45, 7) is 21.8. The van der Waals surface area contributed by atoms with Crippen molar-refractivity contribution >= 4 is 50.6 Å². The monoisotopic (exact) mass is 677 g/mol. The van der Waals surface area contributed by atoms with Gasteiger partial charge in [-0.25, -0.2) is 0 Å². The van der Waals surface area contributed by atoms with E-state index in [-0.39, 0.29) is 12.6 Å². The Balaban J connectivity index is 3.37. The molecule has 0 radical (unpaired) electrons. The van der Waals surface area contributed by atoms with Crippen LogP contribution < -0.4 is 4.90 Å². The highest BCUT2D eigenvalue weighted by molar-refractivity contribution is 14.1. The highest BCUT2D eigenvalue weighted by atomic mass is 127. The van der Waals surface area contributed by atoms with Crippen molar-refractivity contribution in [1.29, 1.82) is 0 Å². The number of amides is 1. The van der Waals surface area contributed by atoms with Crippen molar-refractivity contribution in [2.75, 3.05) is 39.1 Å². The second-order valence-corrected chi connectivity index (χ2v) is 24.2. The third-order valence-electron chi connectivity index (χ3n) is 7.16. The molecule has 6 nitrogen and oxygen atoms in total. The fraction of sp³-hybridized carbons (Fsp3) is 0.690. The molecule has 0 spiro atoms. The summed E-state index contributed by atoms with van der Waals surface area (Å²) in [5, 5.41) is 0. The zero-order valence-electron chi connectivity index (χ0n) is 25.6. The van der Waals surface area contributed by atoms with Crippen LogP contribution in [0.3, 0.4) is 0 Å². The van der Waals surface area contributed by atoms with Crippen LogP contribution in [0.15, 0.2) is 35.9 Å². The molecule has 1 amide bonds. The molecular weight excluding hydrogens is 625 g/mol. The molecule has 1 aromatic rings. The van der Waals surface area contributed by atoms with E-state index in [1.165, 1.54) is 0 Å². The maximum atomic E-state index is 14.1. The molecule has 0 aliphatic rings. The third kappa shape index (κ3) is 10.4. The number of nitrogens with zero attached hydrogens (tertiary/aromatic N) is 1. The van der Waals surface area contributed by atoms with Crippen LogP contribution in [0.25, 0.3) is 0 Å². The number of rotatable bonds is 17. The third-order valence-corrected chi connectivity index (χ3v) is 15.9. The molecule has 0 unspecified atom stereocenters. The predicted molar refractivity (Wildman–Crippen MR) is 173 cm³/mol. The number of halogens is 1. The fourth-order valence-corrected chi connectivity index (χ4v) is 11.9. The fourth-order valence-electron chi connectivity index (χ4n) is 5.10. The lowest BCUT2D eigenvalue weighted by Crippen LogP contribution is -2.47. The number of carbonyl (C=O) groups is 1. The van der Waals surface area contributed by atoms with E-state index >= 15 is 0 Å². The Kier molecular flexibility index (Phi) is 15.5. The van der Waals surface area contributed by atoms with Crippen molar-refractivity contribution in [2.24, 2.45) is 0 Å². The van der Waals surface area contributed by atoms with Gasteiger partial charge >= 0.3 is 0 Å². The summed E-state index contributed by atoms with van der Waals surface area (Å²) in [6, 6.07) is 8.94. The molecule has 1 aromatic carbocycles. The lowest BCUT2D eigenvalue weighted by Gasteiger charge is -2.42. The zero-order chi connectivity index (χ0) is 29.1. The average Bonchev–Trinajstić information content (AvgIpc) is 2.82. The van der Waals surface area contributed by atoms with Crippen LogP contribution in [-0.4, -0.2) is 62.8 Å². The standard InChI is InChI=1S/C29H52INO5Si2/c1-22(2)38(23(3)4,24(5)6)36-17-16-25(20-28(33-7)34-8)29(32)31(21-35-18-19-37(9,10)11)27-15-13-12-14-26(27)30/h12-16,22-24,28H,17-21H2,1-11H3/b25-16+. The maximum Gasteiger partial charge on any atom is 0.256 e. The van der Waals surface area contributed by atoms with Crippen molar-refractivity contribution in [3.05, 3.63) is 39.5 Å². The van der Waals surface area contributed by atoms with Crippen LogP contribution in [0.5, 0.6) is 0 Å². The van der Waals surface area contributed by atoms with Crippen LogP contribution in [0.4, 0.5) is 5.69 Å². The van der Waals surface area contributed by atoms with Crippen LogP contribution in [0.2, 0.25) is 42.3 Å². The number of ether oxygens (including phenoxy) is 3. The summed E-state index contributed by atoms with van der Waals surface area (Å²) in [7, 11) is -0.143. The molecule has 0 bridgehead atoms. The number of para-hydroxylation sites is 1. The second-order valence-electron chi connectivity index (χ2n) is 12.0. The molecule has 0 aliphatic carbocycles. The minimum Gasteiger partial charge on any atom is -0.412 e. The minimum atomic E-state index is -2.08. The molecule has 218 valence electrons. The van der Waals surface area contributed by atoms with Gasteiger partial charge in [-0.2, -0.15) is 0 Å². The molecule has 0 atom stereocenters. The number of anilines is 1. The lowest BCUT2D eigenvalue weighted by molar-refractivity contribution is -0.120. The van der Waals surface area contributed by atoms with Gasteiger partial charge in [0.15, 0.2) is 6.29 Å². The van der Waals surface area contributed by atoms with E-state index in [2.05, 4.69) is 83.8 Å². The smallest absolute Gasteiger partial charge is 0.256 e. The molecule has 0 aromatic heterocycles. The molecule has 0 heterocycles. The molecule has 0 fully saturated rings. The van der Waals surface area contributed by atoms with Crippen LogP contribution in [0, 0.1) is 3.57 Å². The first-order chi connectivity index (χ1) is 17.7. The highest BCUT2D eigenvalue weighted by Gasteiger charge is 2.44. The molecule has 38 heavy (non-hydrogen) atoms. The lowest BCUT2D eigenvalue weighted by atomic mass is 10.1. The SMILES string of the molecule is COC(C/C(=C\CO[Si](C(C)C)(C(C)C)C(C)C)C(=O)N(COCC[Si](C)(C)C)c1ccccc1I)OC. The van der Waals surface area contributed by atoms with E-state index in [1.807, 2.05) is 30.3 Å². The number of benzene rings is 1. The van der Waals surface area contributed by atoms with Gasteiger partial charge < -0.3 is 18.6 Å². The van der Waals surface area contributed by atoms with Gasteiger partial charge in [-0.05, 0) is 57.4 Å². The van der Waals surface area contributed by atoms with Crippen LogP contribution in [-0.2, 0) is 23.4 Å². The van der Waals surface area contributed by atoms with Crippen molar-refractivity contribution < 1.29 is 23.4 Å². The van der Waals surface area contributed by atoms with E-state index in [4.69, 9.17) is 18.6 Å². The molecular formula is C29H52INO5Si2. The first kappa shape index (κ1) is 35.5. The quantitative estimate of drug-likeness (QED) is 0.0549. The van der Waals surface area contributed by atoms with Crippen molar-refractivity contribution in [3.8, 4) is 0 Å². The maximum absolute atomic E-state index is 14.1. The molecule has 0 saturated heterocycles. The summed E-state index contributed by atoms with van der Waals surface area (Å²) >= 11 is 2.28. The Hall–Kier alpha value is -0.566. The topological polar surface area (TPSA) is 57.2 Å². The summed E-state index contributed by atoms with van der Waals surface area (Å²) in [5.41, 5.74) is 2.82. The summed E-state index contributed by atoms with van der Waals surface area (Å²) < 4.78 is 24.8. The Morgan fingerprint density at radius 2 is 1.53 bits per heavy atom. The highest BCUT2D eigenvalue weighted by Crippen LogP contribution is 2.42. The van der Waals surface area contributed by atoms with Crippen molar-refractivity contribution in [1.82, 2.24) is 0 Å². The Morgan fingerprint density at radius 1 is 0.974 bits per heavy atom. The normalized spacial score (nSPS) is 13.3. The molecule has 0 saturated carbocycles. The van der Waals surface area contributed by atoms with Gasteiger partial charge in [0.2, 0.25) is 8.32 Å². The van der Waals surface area contributed by atoms with Gasteiger partial charge in [-0.15, -0.1) is 0 Å². The summed E-state index contributed by atoms with van der Waals surface area (Å²) in [5.74, 6) is -0.115. The largest absolute Gasteiger partial charge is 0.412 e. The molecule has 9 heteroatoms. The predicted octanol–water partition coefficient (Wildman–Crippen LogP) is 8.06. The first-order valence-electron chi connectivity index (χ1n) is 13.7. The molecule has 0 N–H and O–H groups in total. The van der Waals surface area contributed by atoms with Gasteiger partial charge in [0.25, 0.3) is 5.91 Å². The van der Waals surface area contributed by atoms with E-state index in [9.17, 15) is 4.79 Å². The average molecular weight is 678 g/mol. The van der Waals surface area contributed by atoms with Crippen molar-refractivity contribution in [2.45, 2.75) is 96.6 Å². The first-order valence-corrected chi connectivity index (χ1v) is 20.7. The van der Waals surface area contributed by atoms with Crippen molar-refractivity contribution in [3.63, 3.8) is 0 Å². The number of hydrogen-bond donors (Lipinski definition) is 0. The Morgan fingerprint density at radius 3 is 2.00 bits per heavy atom. The minimum absolute atomic E-state index is 0.115. The number of carbonyl (C=O) groups excluding carboxylic acids is 1. The molecule has 0 aliphatic heterocycles. The van der Waals surface area contributed by atoms with Gasteiger partial charge in [0, 0.05) is 44.5 Å². The molecule has 1 rings (SSSR count). The Bertz CT molecular complexity index is 860. The summed E-state index contributed by atoms with van der Waals surface area (Å²) in [6.07, 6.45) is 1.73. The van der Waals surface area contributed by atoms with Gasteiger partial charge in [-0.1, -0.05) is 79.4 Å². The van der Waals surface area contributed by atoms with Crippen LogP contribution >= 0.6 is 22.6 Å². The van der Waals surface area contributed by atoms with E-state index in [0.29, 0.717) is 41.8 Å². The number of methoxy groups -OCH3 is 2. The summed E-state index contributed by atoms with van der Waals surface area (Å²) in [4.78, 5) is 15.9. The van der Waals surface area contributed by atoms with Crippen LogP contribution in [0.1, 0.15) is 48.0 Å².